The summed E-state index contributed by atoms with van der Waals surface area (Å²) in [7, 11) is -7.72. The van der Waals surface area contributed by atoms with Crippen molar-refractivity contribution in [3.63, 3.8) is 0 Å². The minimum atomic E-state index is -3.94. The topological polar surface area (TPSA) is 245 Å². The van der Waals surface area contributed by atoms with E-state index in [0.717, 1.165) is 77.8 Å². The lowest BCUT2D eigenvalue weighted by Gasteiger charge is -2.10. The Balaban J connectivity index is 0.000000152. The molecular formula is C59H56N8O11S3. The number of rotatable bonds is 17. The summed E-state index contributed by atoms with van der Waals surface area (Å²) in [5.41, 5.74) is 8.34. The molecule has 0 saturated carbocycles. The van der Waals surface area contributed by atoms with Gasteiger partial charge in [0.1, 0.15) is 47.6 Å². The molecule has 0 aliphatic heterocycles. The molecule has 0 spiro atoms. The smallest absolute Gasteiger partial charge is 0.297 e. The highest BCUT2D eigenvalue weighted by Crippen LogP contribution is 2.31. The average molecular weight is 1150 g/mol. The third kappa shape index (κ3) is 14.0. The molecule has 3 N–H and O–H groups in total. The molecule has 0 aliphatic rings. The number of aromatic nitrogens is 6. The molecule has 0 atom stereocenters. The summed E-state index contributed by atoms with van der Waals surface area (Å²) in [6, 6.07) is 45.0. The highest BCUT2D eigenvalue weighted by atomic mass is 32.2. The number of nitrogens with zero attached hydrogens (tertiary/aromatic N) is 6. The highest BCUT2D eigenvalue weighted by Gasteiger charge is 2.19. The summed E-state index contributed by atoms with van der Waals surface area (Å²) in [6.45, 7) is 4.75. The molecule has 6 aromatic heterocycles. The van der Waals surface area contributed by atoms with E-state index in [1.807, 2.05) is 112 Å². The van der Waals surface area contributed by atoms with Gasteiger partial charge in [-0.1, -0.05) is 65.2 Å². The molecule has 11 rings (SSSR count). The fourth-order valence-corrected chi connectivity index (χ4v) is 11.1. The van der Waals surface area contributed by atoms with Crippen LogP contribution in [-0.2, 0) is 57.0 Å². The van der Waals surface area contributed by atoms with Gasteiger partial charge in [0.15, 0.2) is 0 Å². The van der Waals surface area contributed by atoms with Crippen LogP contribution in [0.4, 0.5) is 23.0 Å². The van der Waals surface area contributed by atoms with Crippen LogP contribution in [0.1, 0.15) is 16.7 Å². The van der Waals surface area contributed by atoms with Gasteiger partial charge in [0.2, 0.25) is 0 Å². The number of pyridine rings is 4. The monoisotopic (exact) mass is 1150 g/mol. The zero-order valence-corrected chi connectivity index (χ0v) is 47.0. The van der Waals surface area contributed by atoms with Crippen LogP contribution < -0.4 is 15.4 Å². The summed E-state index contributed by atoms with van der Waals surface area (Å²) in [4.78, 5) is 18.0. The first kappa shape index (κ1) is 56.9. The first-order valence-electron chi connectivity index (χ1n) is 25.2. The Hall–Kier alpha value is -8.77. The van der Waals surface area contributed by atoms with Crippen molar-refractivity contribution in [1.82, 2.24) is 29.1 Å². The quantitative estimate of drug-likeness (QED) is 0.0567. The number of phenolic OH excluding ortho intramolecular Hbond substituents is 1. The number of nitrogens with one attached hydrogen (secondary N) is 2. The molecule has 22 heteroatoms. The Morgan fingerprint density at radius 1 is 0.457 bits per heavy atom. The van der Waals surface area contributed by atoms with Crippen LogP contribution in [-0.4, -0.2) is 85.9 Å². The number of phenols is 1. The second-order valence-electron chi connectivity index (χ2n) is 18.5. The molecule has 0 saturated heterocycles. The maximum Gasteiger partial charge on any atom is 0.297 e. The van der Waals surface area contributed by atoms with E-state index in [1.54, 1.807) is 73.1 Å². The molecule has 81 heavy (non-hydrogen) atoms. The van der Waals surface area contributed by atoms with Gasteiger partial charge in [-0.25, -0.2) is 9.97 Å². The lowest BCUT2D eigenvalue weighted by molar-refractivity contribution is 0.221. The first-order chi connectivity index (χ1) is 38.8. The van der Waals surface area contributed by atoms with Gasteiger partial charge < -0.3 is 29.6 Å². The van der Waals surface area contributed by atoms with E-state index in [0.29, 0.717) is 11.6 Å². The Morgan fingerprint density at radius 3 is 1.27 bits per heavy atom. The van der Waals surface area contributed by atoms with Crippen molar-refractivity contribution in [3.05, 3.63) is 199 Å². The van der Waals surface area contributed by atoms with Crippen LogP contribution in [0.2, 0.25) is 0 Å². The maximum atomic E-state index is 12.3. The number of hydrogen-bond acceptors (Lipinski definition) is 17. The van der Waals surface area contributed by atoms with Gasteiger partial charge >= 0.3 is 0 Å². The predicted molar refractivity (Wildman–Crippen MR) is 312 cm³/mol. The second kappa shape index (κ2) is 24.7. The zero-order chi connectivity index (χ0) is 57.3. The Bertz CT molecular complexity index is 4290. The fourth-order valence-electron chi connectivity index (χ4n) is 8.42. The van der Waals surface area contributed by atoms with Crippen LogP contribution in [0.5, 0.6) is 11.5 Å². The normalized spacial score (nSPS) is 11.7. The molecule has 0 fully saturated rings. The average Bonchev–Trinajstić information content (AvgIpc) is 3.97. The van der Waals surface area contributed by atoms with Crippen molar-refractivity contribution >= 4 is 97.2 Å². The number of ether oxygens (including phenoxy) is 1. The van der Waals surface area contributed by atoms with Gasteiger partial charge in [-0.2, -0.15) is 25.3 Å². The molecule has 416 valence electrons. The van der Waals surface area contributed by atoms with Crippen molar-refractivity contribution in [1.29, 1.82) is 0 Å². The number of hydrogen-bond donors (Lipinski definition) is 3. The molecule has 0 amide bonds. The van der Waals surface area contributed by atoms with E-state index in [2.05, 4.69) is 30.2 Å². The summed E-state index contributed by atoms with van der Waals surface area (Å²) in [5, 5.41) is 20.3. The summed E-state index contributed by atoms with van der Waals surface area (Å²) in [5.74, 6) is 2.24. The van der Waals surface area contributed by atoms with E-state index in [-0.39, 0.29) is 33.6 Å². The van der Waals surface area contributed by atoms with E-state index in [4.69, 9.17) is 22.3 Å². The molecule has 6 heterocycles. The molecule has 5 aromatic carbocycles. The minimum Gasteiger partial charge on any atom is -0.508 e. The molecule has 11 aromatic rings. The van der Waals surface area contributed by atoms with E-state index < -0.39 is 43.6 Å². The van der Waals surface area contributed by atoms with Gasteiger partial charge in [0, 0.05) is 83.9 Å². The molecule has 0 unspecified atom stereocenters. The number of aromatic hydroxyl groups is 1. The SMILES string of the molecule is Cc1ccc(S(=O)(=O)OCCOS(=O)(=O)c2ccc(C)cc2)cc1.Cc1ccc(S(=O)(=O)OCCOc2cccc(Nc3ccc4c5cnccc5n(C)c4n3)c2)cc1.Cn1c2ccncc2c2ccc(Nc3cccc(O)c3)nc21. The van der Waals surface area contributed by atoms with Crippen molar-refractivity contribution in [2.75, 3.05) is 37.1 Å². The molecular weight excluding hydrogens is 1090 g/mol. The van der Waals surface area contributed by atoms with Gasteiger partial charge in [-0.05, 0) is 118 Å². The third-order valence-electron chi connectivity index (χ3n) is 12.6. The van der Waals surface area contributed by atoms with Gasteiger partial charge in [0.25, 0.3) is 30.4 Å². The Labute approximate surface area is 468 Å². The first-order valence-corrected chi connectivity index (χ1v) is 29.4. The summed E-state index contributed by atoms with van der Waals surface area (Å²) >= 11 is 0. The molecule has 0 bridgehead atoms. The summed E-state index contributed by atoms with van der Waals surface area (Å²) < 4.78 is 96.8. The molecule has 19 nitrogen and oxygen atoms in total. The van der Waals surface area contributed by atoms with Crippen LogP contribution in [0.15, 0.2) is 197 Å². The maximum absolute atomic E-state index is 12.3. The van der Waals surface area contributed by atoms with Gasteiger partial charge in [0.05, 0.1) is 38.9 Å². The zero-order valence-electron chi connectivity index (χ0n) is 44.6. The predicted octanol–water partition coefficient (Wildman–Crippen LogP) is 10.9. The largest absolute Gasteiger partial charge is 0.508 e. The summed E-state index contributed by atoms with van der Waals surface area (Å²) in [6.07, 6.45) is 7.27. The number of aryl methyl sites for hydroxylation is 5. The number of anilines is 4. The van der Waals surface area contributed by atoms with Crippen LogP contribution in [0, 0.1) is 20.8 Å². The number of benzene rings is 5. The van der Waals surface area contributed by atoms with Gasteiger partial charge in [-0.3, -0.25) is 22.5 Å². The van der Waals surface area contributed by atoms with Crippen molar-refractivity contribution in [2.45, 2.75) is 35.5 Å². The van der Waals surface area contributed by atoms with Crippen LogP contribution >= 0.6 is 0 Å². The second-order valence-corrected chi connectivity index (χ2v) is 23.3. The van der Waals surface area contributed by atoms with Crippen LogP contribution in [0.3, 0.4) is 0 Å². The Kier molecular flexibility index (Phi) is 17.4. The minimum absolute atomic E-state index is 0.00879. The lowest BCUT2D eigenvalue weighted by atomic mass is 10.2. The lowest BCUT2D eigenvalue weighted by Crippen LogP contribution is -2.15. The van der Waals surface area contributed by atoms with Crippen molar-refractivity contribution in [2.24, 2.45) is 14.1 Å². The Morgan fingerprint density at radius 2 is 0.852 bits per heavy atom. The fraction of sp³-hybridized carbons (Fsp3) is 0.153. The van der Waals surface area contributed by atoms with Crippen molar-refractivity contribution < 1.29 is 47.6 Å². The molecule has 0 aliphatic carbocycles. The van der Waals surface area contributed by atoms with E-state index in [9.17, 15) is 30.4 Å². The van der Waals surface area contributed by atoms with Crippen molar-refractivity contribution in [3.8, 4) is 11.5 Å². The van der Waals surface area contributed by atoms with E-state index in [1.165, 1.54) is 36.4 Å². The van der Waals surface area contributed by atoms with Gasteiger partial charge in [-0.15, -0.1) is 0 Å². The van der Waals surface area contributed by atoms with E-state index >= 15 is 0 Å². The standard InChI is InChI=1S/C26H24N4O4S.C17H14N4O.C16H18O6S2/c1-18-6-8-21(9-7-18)35(31,32)34-15-14-33-20-5-3-4-19(16-20)28-25-11-10-22-23-17-27-13-12-24(23)30(2)26(22)29-25;1-21-15-7-8-18-10-14(15)13-5-6-16(20-17(13)21)19-11-3-2-4-12(22)9-11;1-13-3-7-15(8-4-13)23(17,18)21-11-12-22-24(19,20)16-9-5-14(2)6-10-16/h3-13,16-17H,14-15H2,1-2H3,(H,28,29);2-10,22H,1H3,(H,19,20);3-10H,11-12H2,1-2H3. The highest BCUT2D eigenvalue weighted by molar-refractivity contribution is 7.87. The number of fused-ring (bicyclic) bond motifs is 6. The third-order valence-corrected chi connectivity index (χ3v) is 16.6. The molecule has 0 radical (unpaired) electrons. The van der Waals surface area contributed by atoms with Crippen LogP contribution in [0.25, 0.3) is 43.9 Å².